The van der Waals surface area contributed by atoms with Gasteiger partial charge in [0.2, 0.25) is 17.7 Å². The molecule has 0 aliphatic carbocycles. The van der Waals surface area contributed by atoms with Gasteiger partial charge in [0, 0.05) is 17.9 Å². The van der Waals surface area contributed by atoms with E-state index in [1.807, 2.05) is 18.2 Å². The van der Waals surface area contributed by atoms with Crippen LogP contribution in [0.5, 0.6) is 0 Å². The lowest BCUT2D eigenvalue weighted by Gasteiger charge is -2.17. The van der Waals surface area contributed by atoms with Crippen LogP contribution in [0.4, 0.5) is 5.69 Å². The number of anilines is 1. The quantitative estimate of drug-likeness (QED) is 0.761. The molecule has 2 aliphatic rings. The van der Waals surface area contributed by atoms with E-state index in [0.29, 0.717) is 31.6 Å². The summed E-state index contributed by atoms with van der Waals surface area (Å²) in [6.07, 6.45) is 1.66. The number of amides is 3. The number of benzene rings is 1. The largest absolute Gasteiger partial charge is 0.354 e. The van der Waals surface area contributed by atoms with Gasteiger partial charge in [0.1, 0.15) is 6.04 Å². The van der Waals surface area contributed by atoms with Crippen LogP contribution in [0.1, 0.15) is 18.4 Å². The molecule has 22 heavy (non-hydrogen) atoms. The van der Waals surface area contributed by atoms with Gasteiger partial charge in [-0.2, -0.15) is 0 Å². The molecule has 3 rings (SSSR count). The van der Waals surface area contributed by atoms with Gasteiger partial charge in [-0.15, -0.1) is 11.8 Å². The summed E-state index contributed by atoms with van der Waals surface area (Å²) in [6.45, 7) is 0.505. The Morgan fingerprint density at radius 3 is 2.95 bits per heavy atom. The molecule has 3 amide bonds. The Kier molecular flexibility index (Phi) is 4.33. The molecule has 7 heteroatoms. The molecule has 1 aromatic rings. The van der Waals surface area contributed by atoms with E-state index in [9.17, 15) is 14.4 Å². The van der Waals surface area contributed by atoms with E-state index in [1.165, 1.54) is 11.8 Å². The van der Waals surface area contributed by atoms with Crippen molar-refractivity contribution in [1.29, 1.82) is 0 Å². The van der Waals surface area contributed by atoms with Crippen LogP contribution in [-0.2, 0) is 20.8 Å². The van der Waals surface area contributed by atoms with Gasteiger partial charge < -0.3 is 16.0 Å². The predicted octanol–water partition coefficient (Wildman–Crippen LogP) is 0.668. The lowest BCUT2D eigenvalue weighted by Crippen LogP contribution is -2.42. The SMILES string of the molecule is O=C1CSc2ccc(CCNC(=O)C3CCC(=O)N3)cc2N1. The molecule has 0 spiro atoms. The lowest BCUT2D eigenvalue weighted by atomic mass is 10.1. The smallest absolute Gasteiger partial charge is 0.242 e. The Hall–Kier alpha value is -2.02. The summed E-state index contributed by atoms with van der Waals surface area (Å²) in [6, 6.07) is 5.55. The average molecular weight is 319 g/mol. The van der Waals surface area contributed by atoms with Crippen molar-refractivity contribution in [2.24, 2.45) is 0 Å². The van der Waals surface area contributed by atoms with Crippen molar-refractivity contribution < 1.29 is 14.4 Å². The fourth-order valence-corrected chi connectivity index (χ4v) is 3.34. The third-order valence-electron chi connectivity index (χ3n) is 3.70. The zero-order chi connectivity index (χ0) is 15.5. The molecule has 1 fully saturated rings. The third-order valence-corrected chi connectivity index (χ3v) is 4.78. The molecule has 0 radical (unpaired) electrons. The molecule has 1 atom stereocenters. The van der Waals surface area contributed by atoms with Gasteiger partial charge in [-0.05, 0) is 30.5 Å². The summed E-state index contributed by atoms with van der Waals surface area (Å²) in [5.41, 5.74) is 1.89. The van der Waals surface area contributed by atoms with Crippen molar-refractivity contribution in [2.45, 2.75) is 30.2 Å². The molecule has 1 saturated heterocycles. The first-order valence-electron chi connectivity index (χ1n) is 7.24. The second kappa shape index (κ2) is 6.39. The highest BCUT2D eigenvalue weighted by Gasteiger charge is 2.26. The van der Waals surface area contributed by atoms with Gasteiger partial charge >= 0.3 is 0 Å². The van der Waals surface area contributed by atoms with Gasteiger partial charge in [0.05, 0.1) is 11.4 Å². The van der Waals surface area contributed by atoms with Crippen molar-refractivity contribution >= 4 is 35.2 Å². The highest BCUT2D eigenvalue weighted by molar-refractivity contribution is 8.00. The van der Waals surface area contributed by atoms with Crippen LogP contribution >= 0.6 is 11.8 Å². The second-order valence-corrected chi connectivity index (χ2v) is 6.38. The topological polar surface area (TPSA) is 87.3 Å². The van der Waals surface area contributed by atoms with Crippen LogP contribution in [0.2, 0.25) is 0 Å². The Labute approximate surface area is 132 Å². The summed E-state index contributed by atoms with van der Waals surface area (Å²) in [5, 5.41) is 8.34. The standard InChI is InChI=1S/C15H17N3O3S/c19-13-4-2-10(17-13)15(21)16-6-5-9-1-3-12-11(7-9)18-14(20)8-22-12/h1,3,7,10H,2,4-6,8H2,(H,16,21)(H,17,19)(H,18,20). The summed E-state index contributed by atoms with van der Waals surface area (Å²) in [7, 11) is 0. The minimum Gasteiger partial charge on any atom is -0.354 e. The Morgan fingerprint density at radius 2 is 2.18 bits per heavy atom. The molecule has 2 aliphatic heterocycles. The zero-order valence-electron chi connectivity index (χ0n) is 12.0. The minimum absolute atomic E-state index is 0.0138. The van der Waals surface area contributed by atoms with Gasteiger partial charge in [-0.3, -0.25) is 14.4 Å². The summed E-state index contributed by atoms with van der Waals surface area (Å²) < 4.78 is 0. The van der Waals surface area contributed by atoms with Crippen molar-refractivity contribution in [2.75, 3.05) is 17.6 Å². The monoisotopic (exact) mass is 319 g/mol. The molecule has 0 bridgehead atoms. The molecule has 1 aromatic carbocycles. The van der Waals surface area contributed by atoms with Crippen LogP contribution in [-0.4, -0.2) is 36.1 Å². The number of hydrogen-bond acceptors (Lipinski definition) is 4. The lowest BCUT2D eigenvalue weighted by molar-refractivity contribution is -0.125. The maximum atomic E-state index is 11.9. The van der Waals surface area contributed by atoms with Gasteiger partial charge in [0.25, 0.3) is 0 Å². The van der Waals surface area contributed by atoms with Crippen molar-refractivity contribution in [3.05, 3.63) is 23.8 Å². The van der Waals surface area contributed by atoms with Gasteiger partial charge in [-0.25, -0.2) is 0 Å². The normalized spacial score (nSPS) is 20.1. The molecule has 0 aromatic heterocycles. The highest BCUT2D eigenvalue weighted by atomic mass is 32.2. The minimum atomic E-state index is -0.397. The van der Waals surface area contributed by atoms with E-state index in [-0.39, 0.29) is 17.7 Å². The third kappa shape index (κ3) is 3.41. The fraction of sp³-hybridized carbons (Fsp3) is 0.400. The van der Waals surface area contributed by atoms with Gasteiger partial charge in [-0.1, -0.05) is 6.07 Å². The number of thioether (sulfide) groups is 1. The predicted molar refractivity (Wildman–Crippen MR) is 83.7 cm³/mol. The molecule has 3 N–H and O–H groups in total. The number of nitrogens with one attached hydrogen (secondary N) is 3. The fourth-order valence-electron chi connectivity index (χ4n) is 2.55. The summed E-state index contributed by atoms with van der Waals surface area (Å²) in [5.74, 6) is 0.269. The molecule has 0 saturated carbocycles. The number of carbonyl (C=O) groups is 3. The molecule has 1 unspecified atom stereocenters. The number of hydrogen-bond donors (Lipinski definition) is 3. The molecule has 116 valence electrons. The zero-order valence-corrected chi connectivity index (χ0v) is 12.8. The van der Waals surface area contributed by atoms with E-state index in [0.717, 1.165) is 16.1 Å². The second-order valence-electron chi connectivity index (χ2n) is 5.37. The molecular formula is C15H17N3O3S. The van der Waals surface area contributed by atoms with Crippen molar-refractivity contribution in [3.8, 4) is 0 Å². The summed E-state index contributed by atoms with van der Waals surface area (Å²) >= 11 is 1.53. The van der Waals surface area contributed by atoms with Crippen LogP contribution < -0.4 is 16.0 Å². The van der Waals surface area contributed by atoms with Crippen molar-refractivity contribution in [3.63, 3.8) is 0 Å². The maximum Gasteiger partial charge on any atom is 0.242 e. The maximum absolute atomic E-state index is 11.9. The van der Waals surface area contributed by atoms with E-state index in [2.05, 4.69) is 16.0 Å². The number of rotatable bonds is 4. The number of fused-ring (bicyclic) bond motifs is 1. The Morgan fingerprint density at radius 1 is 1.32 bits per heavy atom. The Balaban J connectivity index is 1.51. The van der Waals surface area contributed by atoms with E-state index >= 15 is 0 Å². The van der Waals surface area contributed by atoms with E-state index in [1.54, 1.807) is 0 Å². The number of carbonyl (C=O) groups excluding carboxylic acids is 3. The molecule has 6 nitrogen and oxygen atoms in total. The summed E-state index contributed by atoms with van der Waals surface area (Å²) in [4.78, 5) is 35.4. The first-order chi connectivity index (χ1) is 10.6. The Bertz CT molecular complexity index is 632. The first kappa shape index (κ1) is 14.9. The average Bonchev–Trinajstić information content (AvgIpc) is 2.93. The molecule has 2 heterocycles. The van der Waals surface area contributed by atoms with Crippen LogP contribution in [0.3, 0.4) is 0 Å². The van der Waals surface area contributed by atoms with Gasteiger partial charge in [0.15, 0.2) is 0 Å². The highest BCUT2D eigenvalue weighted by Crippen LogP contribution is 2.31. The first-order valence-corrected chi connectivity index (χ1v) is 8.23. The van der Waals surface area contributed by atoms with Crippen molar-refractivity contribution in [1.82, 2.24) is 10.6 Å². The van der Waals surface area contributed by atoms with Crippen LogP contribution in [0.15, 0.2) is 23.1 Å². The van der Waals surface area contributed by atoms with Crippen LogP contribution in [0.25, 0.3) is 0 Å². The van der Waals surface area contributed by atoms with Crippen LogP contribution in [0, 0.1) is 0 Å². The van der Waals surface area contributed by atoms with E-state index in [4.69, 9.17) is 0 Å². The van der Waals surface area contributed by atoms with E-state index < -0.39 is 6.04 Å². The molecular weight excluding hydrogens is 302 g/mol.